The van der Waals surface area contributed by atoms with Crippen molar-refractivity contribution in [3.63, 3.8) is 0 Å². The van der Waals surface area contributed by atoms with Gasteiger partial charge in [0, 0.05) is 19.0 Å². The van der Waals surface area contributed by atoms with Gasteiger partial charge in [0.05, 0.1) is 5.38 Å². The summed E-state index contributed by atoms with van der Waals surface area (Å²) in [6, 6.07) is 11.2. The number of alkyl halides is 1. The maximum atomic E-state index is 6.46. The molecule has 0 bridgehead atoms. The first-order chi connectivity index (χ1) is 8.47. The SMILES string of the molecule is Clc1ccc(C(Cl)c2cc(Br)cc(Br)c2)c(Cl)c1. The molecule has 18 heavy (non-hydrogen) atoms. The first-order valence-electron chi connectivity index (χ1n) is 5.02. The largest absolute Gasteiger partial charge is 0.113 e. The van der Waals surface area contributed by atoms with Crippen molar-refractivity contribution in [2.75, 3.05) is 0 Å². The van der Waals surface area contributed by atoms with Gasteiger partial charge in [-0.3, -0.25) is 0 Å². The number of halogens is 5. The zero-order chi connectivity index (χ0) is 13.3. The van der Waals surface area contributed by atoms with Crippen LogP contribution in [0, 0.1) is 0 Å². The molecule has 0 heterocycles. The summed E-state index contributed by atoms with van der Waals surface area (Å²) in [6.07, 6.45) is 0. The van der Waals surface area contributed by atoms with Crippen LogP contribution < -0.4 is 0 Å². The number of benzene rings is 2. The molecule has 0 aliphatic rings. The van der Waals surface area contributed by atoms with Crippen molar-refractivity contribution in [1.29, 1.82) is 0 Å². The molecule has 2 aromatic rings. The Labute approximate surface area is 137 Å². The zero-order valence-corrected chi connectivity index (χ0v) is 14.4. The average Bonchev–Trinajstić information content (AvgIpc) is 2.26. The Morgan fingerprint density at radius 1 is 0.889 bits per heavy atom. The van der Waals surface area contributed by atoms with Gasteiger partial charge in [0.2, 0.25) is 0 Å². The predicted octanol–water partition coefficient (Wildman–Crippen LogP) is 6.85. The first kappa shape index (κ1) is 14.7. The normalized spacial score (nSPS) is 12.5. The molecular formula is C13H7Br2Cl3. The quantitative estimate of drug-likeness (QED) is 0.458. The Kier molecular flexibility index (Phi) is 5.01. The molecule has 0 spiro atoms. The Hall–Kier alpha value is 0.270. The molecule has 5 heteroatoms. The molecule has 1 atom stereocenters. The van der Waals surface area contributed by atoms with Crippen LogP contribution in [0.15, 0.2) is 45.3 Å². The Balaban J connectivity index is 2.44. The van der Waals surface area contributed by atoms with Crippen LogP contribution in [0.25, 0.3) is 0 Å². The van der Waals surface area contributed by atoms with Crippen LogP contribution in [0.3, 0.4) is 0 Å². The minimum Gasteiger partial charge on any atom is -0.113 e. The van der Waals surface area contributed by atoms with E-state index in [1.54, 1.807) is 12.1 Å². The van der Waals surface area contributed by atoms with Crippen LogP contribution in [0.1, 0.15) is 16.5 Å². The first-order valence-corrected chi connectivity index (χ1v) is 7.80. The lowest BCUT2D eigenvalue weighted by molar-refractivity contribution is 1.13. The Morgan fingerprint density at radius 3 is 2.06 bits per heavy atom. The predicted molar refractivity (Wildman–Crippen MR) is 86.0 cm³/mol. The maximum absolute atomic E-state index is 6.46. The van der Waals surface area contributed by atoms with E-state index < -0.39 is 0 Å². The molecule has 0 N–H and O–H groups in total. The lowest BCUT2D eigenvalue weighted by Crippen LogP contribution is -1.94. The van der Waals surface area contributed by atoms with E-state index in [0.717, 1.165) is 20.1 Å². The van der Waals surface area contributed by atoms with Crippen molar-refractivity contribution in [3.8, 4) is 0 Å². The lowest BCUT2D eigenvalue weighted by atomic mass is 10.0. The highest BCUT2D eigenvalue weighted by Crippen LogP contribution is 2.37. The van der Waals surface area contributed by atoms with E-state index in [2.05, 4.69) is 31.9 Å². The van der Waals surface area contributed by atoms with E-state index in [0.29, 0.717) is 10.0 Å². The van der Waals surface area contributed by atoms with Crippen LogP contribution in [0.5, 0.6) is 0 Å². The van der Waals surface area contributed by atoms with Crippen molar-refractivity contribution in [2.45, 2.75) is 5.38 Å². The average molecular weight is 429 g/mol. The summed E-state index contributed by atoms with van der Waals surface area (Å²) in [5.41, 5.74) is 1.80. The number of hydrogen-bond donors (Lipinski definition) is 0. The van der Waals surface area contributed by atoms with Crippen LogP contribution in [0.2, 0.25) is 10.0 Å². The van der Waals surface area contributed by atoms with Crippen molar-refractivity contribution < 1.29 is 0 Å². The topological polar surface area (TPSA) is 0 Å². The van der Waals surface area contributed by atoms with Gasteiger partial charge >= 0.3 is 0 Å². The van der Waals surface area contributed by atoms with Crippen molar-refractivity contribution in [3.05, 3.63) is 66.5 Å². The van der Waals surface area contributed by atoms with Crippen LogP contribution in [-0.4, -0.2) is 0 Å². The molecule has 0 radical (unpaired) electrons. The number of rotatable bonds is 2. The van der Waals surface area contributed by atoms with Crippen LogP contribution in [0.4, 0.5) is 0 Å². The standard InChI is InChI=1S/C13H7Br2Cl3/c14-8-3-7(4-9(15)5-8)13(18)11-2-1-10(16)6-12(11)17/h1-6,13H. The molecule has 94 valence electrons. The highest BCUT2D eigenvalue weighted by molar-refractivity contribution is 9.11. The maximum Gasteiger partial charge on any atom is 0.0850 e. The zero-order valence-electron chi connectivity index (χ0n) is 8.93. The molecular weight excluding hydrogens is 422 g/mol. The molecule has 0 aromatic heterocycles. The summed E-state index contributed by atoms with van der Waals surface area (Å²) in [5.74, 6) is 0. The fourth-order valence-electron chi connectivity index (χ4n) is 1.61. The summed E-state index contributed by atoms with van der Waals surface area (Å²) in [5, 5.41) is 0.852. The fraction of sp³-hybridized carbons (Fsp3) is 0.0769. The van der Waals surface area contributed by atoms with Crippen LogP contribution in [-0.2, 0) is 0 Å². The second-order valence-electron chi connectivity index (χ2n) is 3.73. The molecule has 2 rings (SSSR count). The third-order valence-electron chi connectivity index (χ3n) is 2.41. The van der Waals surface area contributed by atoms with Gasteiger partial charge < -0.3 is 0 Å². The molecule has 0 fully saturated rings. The molecule has 2 aromatic carbocycles. The molecule has 0 aliphatic heterocycles. The van der Waals surface area contributed by atoms with Crippen molar-refractivity contribution in [1.82, 2.24) is 0 Å². The smallest absolute Gasteiger partial charge is 0.0850 e. The molecule has 0 nitrogen and oxygen atoms in total. The fourth-order valence-corrected chi connectivity index (χ4v) is 3.83. The number of hydrogen-bond acceptors (Lipinski definition) is 0. The lowest BCUT2D eigenvalue weighted by Gasteiger charge is -2.13. The van der Waals surface area contributed by atoms with Crippen molar-refractivity contribution in [2.24, 2.45) is 0 Å². The van der Waals surface area contributed by atoms with Gasteiger partial charge in [-0.15, -0.1) is 11.6 Å². The van der Waals surface area contributed by atoms with E-state index in [1.165, 1.54) is 0 Å². The summed E-state index contributed by atoms with van der Waals surface area (Å²) in [4.78, 5) is 0. The van der Waals surface area contributed by atoms with E-state index in [9.17, 15) is 0 Å². The van der Waals surface area contributed by atoms with Gasteiger partial charge in [0.1, 0.15) is 0 Å². The highest BCUT2D eigenvalue weighted by Gasteiger charge is 2.15. The molecule has 1 unspecified atom stereocenters. The Morgan fingerprint density at radius 2 is 1.50 bits per heavy atom. The molecule has 0 saturated carbocycles. The van der Waals surface area contributed by atoms with Gasteiger partial charge in [-0.2, -0.15) is 0 Å². The summed E-state index contributed by atoms with van der Waals surface area (Å²) >= 11 is 25.4. The summed E-state index contributed by atoms with van der Waals surface area (Å²) < 4.78 is 1.92. The van der Waals surface area contributed by atoms with Crippen molar-refractivity contribution >= 4 is 66.7 Å². The van der Waals surface area contributed by atoms with E-state index in [-0.39, 0.29) is 5.38 Å². The highest BCUT2D eigenvalue weighted by atomic mass is 79.9. The minimum absolute atomic E-state index is 0.316. The Bertz CT molecular complexity index is 564. The van der Waals surface area contributed by atoms with E-state index >= 15 is 0 Å². The molecule has 0 saturated heterocycles. The summed E-state index contributed by atoms with van der Waals surface area (Å²) in [6.45, 7) is 0. The summed E-state index contributed by atoms with van der Waals surface area (Å²) in [7, 11) is 0. The molecule has 0 amide bonds. The minimum atomic E-state index is -0.316. The van der Waals surface area contributed by atoms with Gasteiger partial charge in [-0.1, -0.05) is 61.1 Å². The molecule has 0 aliphatic carbocycles. The third kappa shape index (κ3) is 3.43. The third-order valence-corrected chi connectivity index (χ3v) is 4.38. The monoisotopic (exact) mass is 426 g/mol. The van der Waals surface area contributed by atoms with Gasteiger partial charge in [0.15, 0.2) is 0 Å². The van der Waals surface area contributed by atoms with Gasteiger partial charge in [-0.05, 0) is 41.5 Å². The van der Waals surface area contributed by atoms with E-state index in [1.807, 2.05) is 24.3 Å². The van der Waals surface area contributed by atoms with E-state index in [4.69, 9.17) is 34.8 Å². The van der Waals surface area contributed by atoms with Gasteiger partial charge in [-0.25, -0.2) is 0 Å². The second-order valence-corrected chi connectivity index (χ2v) is 6.84. The van der Waals surface area contributed by atoms with Crippen LogP contribution >= 0.6 is 66.7 Å². The second kappa shape index (κ2) is 6.15. The van der Waals surface area contributed by atoms with Gasteiger partial charge in [0.25, 0.3) is 0 Å².